The van der Waals surface area contributed by atoms with Crippen LogP contribution in [0.5, 0.6) is 0 Å². The third-order valence-electron chi connectivity index (χ3n) is 4.09. The molecule has 2 aromatic rings. The minimum absolute atomic E-state index is 0.457. The van der Waals surface area contributed by atoms with Crippen LogP contribution in [0.2, 0.25) is 0 Å². The van der Waals surface area contributed by atoms with Gasteiger partial charge in [-0.25, -0.2) is 15.0 Å². The SMILES string of the molecule is CCNC(=S)Nc1nc(Sc2ncccn2)cc(N2CCCC[C@@H]2C)n1. The van der Waals surface area contributed by atoms with Crippen molar-refractivity contribution in [3.8, 4) is 0 Å². The van der Waals surface area contributed by atoms with E-state index in [2.05, 4.69) is 37.4 Å². The first-order valence-corrected chi connectivity index (χ1v) is 10.0. The van der Waals surface area contributed by atoms with Gasteiger partial charge in [0.1, 0.15) is 10.8 Å². The van der Waals surface area contributed by atoms with Crippen molar-refractivity contribution in [1.29, 1.82) is 0 Å². The van der Waals surface area contributed by atoms with Gasteiger partial charge in [-0.2, -0.15) is 4.98 Å². The summed E-state index contributed by atoms with van der Waals surface area (Å²) >= 11 is 6.70. The van der Waals surface area contributed by atoms with Crippen molar-refractivity contribution in [2.24, 2.45) is 0 Å². The summed E-state index contributed by atoms with van der Waals surface area (Å²) in [4.78, 5) is 20.1. The molecular formula is C17H23N7S2. The van der Waals surface area contributed by atoms with Gasteiger partial charge in [-0.1, -0.05) is 0 Å². The first-order valence-electron chi connectivity index (χ1n) is 8.81. The first kappa shape index (κ1) is 18.8. The molecule has 1 aliphatic heterocycles. The zero-order chi connectivity index (χ0) is 18.4. The van der Waals surface area contributed by atoms with Crippen LogP contribution in [-0.2, 0) is 0 Å². The van der Waals surface area contributed by atoms with Gasteiger partial charge < -0.3 is 15.5 Å². The highest BCUT2D eigenvalue weighted by molar-refractivity contribution is 7.99. The zero-order valence-corrected chi connectivity index (χ0v) is 16.6. The van der Waals surface area contributed by atoms with Crippen molar-refractivity contribution in [1.82, 2.24) is 25.3 Å². The normalized spacial score (nSPS) is 17.0. The van der Waals surface area contributed by atoms with Crippen LogP contribution < -0.4 is 15.5 Å². The summed E-state index contributed by atoms with van der Waals surface area (Å²) in [5.41, 5.74) is 0. The van der Waals surface area contributed by atoms with E-state index in [1.807, 2.05) is 13.0 Å². The molecule has 9 heteroatoms. The van der Waals surface area contributed by atoms with E-state index >= 15 is 0 Å². The molecule has 1 aliphatic rings. The molecule has 2 N–H and O–H groups in total. The van der Waals surface area contributed by atoms with E-state index in [1.165, 1.54) is 31.0 Å². The molecule has 138 valence electrons. The Labute approximate surface area is 163 Å². The van der Waals surface area contributed by atoms with Gasteiger partial charge in [0, 0.05) is 37.6 Å². The first-order chi connectivity index (χ1) is 12.7. The molecule has 0 amide bonds. The van der Waals surface area contributed by atoms with E-state index in [0.717, 1.165) is 23.9 Å². The highest BCUT2D eigenvalue weighted by atomic mass is 32.2. The Morgan fingerprint density at radius 3 is 2.85 bits per heavy atom. The van der Waals surface area contributed by atoms with Crippen molar-refractivity contribution in [3.05, 3.63) is 24.5 Å². The maximum absolute atomic E-state index is 5.28. The molecule has 1 fully saturated rings. The summed E-state index contributed by atoms with van der Waals surface area (Å²) in [5, 5.41) is 8.11. The van der Waals surface area contributed by atoms with E-state index in [0.29, 0.717) is 22.3 Å². The Bertz CT molecular complexity index is 741. The molecule has 0 radical (unpaired) electrons. The van der Waals surface area contributed by atoms with Gasteiger partial charge in [0.2, 0.25) is 5.95 Å². The average Bonchev–Trinajstić information content (AvgIpc) is 2.63. The van der Waals surface area contributed by atoms with Crippen LogP contribution in [0.15, 0.2) is 34.7 Å². The van der Waals surface area contributed by atoms with E-state index in [-0.39, 0.29) is 0 Å². The number of anilines is 2. The topological polar surface area (TPSA) is 78.9 Å². The van der Waals surface area contributed by atoms with Crippen molar-refractivity contribution in [2.45, 2.75) is 49.3 Å². The zero-order valence-electron chi connectivity index (χ0n) is 15.0. The number of piperidine rings is 1. The number of nitrogens with zero attached hydrogens (tertiary/aromatic N) is 5. The second-order valence-electron chi connectivity index (χ2n) is 6.04. The van der Waals surface area contributed by atoms with Crippen molar-refractivity contribution in [2.75, 3.05) is 23.3 Å². The van der Waals surface area contributed by atoms with Gasteiger partial charge >= 0.3 is 0 Å². The molecule has 1 atom stereocenters. The molecule has 0 aliphatic carbocycles. The van der Waals surface area contributed by atoms with Gasteiger partial charge in [-0.05, 0) is 63.2 Å². The number of thiocarbonyl (C=S) groups is 1. The molecule has 26 heavy (non-hydrogen) atoms. The summed E-state index contributed by atoms with van der Waals surface area (Å²) in [6.07, 6.45) is 7.06. The van der Waals surface area contributed by atoms with Gasteiger partial charge in [-0.3, -0.25) is 0 Å². The highest BCUT2D eigenvalue weighted by Crippen LogP contribution is 2.29. The molecule has 2 aromatic heterocycles. The predicted octanol–water partition coefficient (Wildman–Crippen LogP) is 3.10. The summed E-state index contributed by atoms with van der Waals surface area (Å²) in [5.74, 6) is 1.40. The van der Waals surface area contributed by atoms with E-state index in [1.54, 1.807) is 18.5 Å². The molecular weight excluding hydrogens is 366 g/mol. The van der Waals surface area contributed by atoms with Crippen molar-refractivity contribution < 1.29 is 0 Å². The largest absolute Gasteiger partial charge is 0.363 e. The molecule has 7 nitrogen and oxygen atoms in total. The fourth-order valence-corrected chi connectivity index (χ4v) is 3.79. The highest BCUT2D eigenvalue weighted by Gasteiger charge is 2.21. The lowest BCUT2D eigenvalue weighted by Crippen LogP contribution is -2.38. The van der Waals surface area contributed by atoms with Crippen LogP contribution in [0.25, 0.3) is 0 Å². The van der Waals surface area contributed by atoms with Crippen LogP contribution in [0, 0.1) is 0 Å². The molecule has 0 aromatic carbocycles. The van der Waals surface area contributed by atoms with E-state index < -0.39 is 0 Å². The van der Waals surface area contributed by atoms with Gasteiger partial charge in [0.25, 0.3) is 0 Å². The fourth-order valence-electron chi connectivity index (χ4n) is 2.84. The Balaban J connectivity index is 1.89. The maximum Gasteiger partial charge on any atom is 0.232 e. The smallest absolute Gasteiger partial charge is 0.232 e. The number of nitrogens with one attached hydrogen (secondary N) is 2. The summed E-state index contributed by atoms with van der Waals surface area (Å²) in [7, 11) is 0. The molecule has 0 spiro atoms. The number of rotatable bonds is 5. The van der Waals surface area contributed by atoms with Crippen LogP contribution in [0.4, 0.5) is 11.8 Å². The second kappa shape index (κ2) is 9.09. The molecule has 3 heterocycles. The second-order valence-corrected chi connectivity index (χ2v) is 7.44. The quantitative estimate of drug-likeness (QED) is 0.455. The Hall–Kier alpha value is -2.00. The van der Waals surface area contributed by atoms with Crippen LogP contribution in [-0.4, -0.2) is 44.2 Å². The summed E-state index contributed by atoms with van der Waals surface area (Å²) < 4.78 is 0. The number of hydrogen-bond acceptors (Lipinski definition) is 7. The van der Waals surface area contributed by atoms with Crippen molar-refractivity contribution in [3.63, 3.8) is 0 Å². The van der Waals surface area contributed by atoms with E-state index in [9.17, 15) is 0 Å². The molecule has 0 unspecified atom stereocenters. The lowest BCUT2D eigenvalue weighted by Gasteiger charge is -2.34. The monoisotopic (exact) mass is 389 g/mol. The summed E-state index contributed by atoms with van der Waals surface area (Å²) in [6, 6.07) is 4.26. The third-order valence-corrected chi connectivity index (χ3v) is 5.15. The maximum atomic E-state index is 5.28. The minimum atomic E-state index is 0.457. The van der Waals surface area contributed by atoms with E-state index in [4.69, 9.17) is 17.2 Å². The molecule has 3 rings (SSSR count). The van der Waals surface area contributed by atoms with Crippen LogP contribution in [0.1, 0.15) is 33.1 Å². The molecule has 0 saturated carbocycles. The Kier molecular flexibility index (Phi) is 6.56. The Morgan fingerprint density at radius 1 is 1.31 bits per heavy atom. The number of aromatic nitrogens is 4. The lowest BCUT2D eigenvalue weighted by atomic mass is 10.0. The Morgan fingerprint density at radius 2 is 2.12 bits per heavy atom. The van der Waals surface area contributed by atoms with Gasteiger partial charge in [-0.15, -0.1) is 0 Å². The van der Waals surface area contributed by atoms with Crippen LogP contribution >= 0.6 is 24.0 Å². The van der Waals surface area contributed by atoms with Gasteiger partial charge in [0.05, 0.1) is 0 Å². The number of hydrogen-bond donors (Lipinski definition) is 2. The molecule has 0 bridgehead atoms. The minimum Gasteiger partial charge on any atom is -0.363 e. The summed E-state index contributed by atoms with van der Waals surface area (Å²) in [6.45, 7) is 5.98. The van der Waals surface area contributed by atoms with Crippen molar-refractivity contribution >= 4 is 40.9 Å². The fraction of sp³-hybridized carbons (Fsp3) is 0.471. The standard InChI is InChI=1S/C17H23N7S2/c1-3-18-16(25)23-15-21-13(24-10-5-4-7-12(24)2)11-14(22-15)26-17-19-8-6-9-20-17/h6,8-9,11-12H,3-5,7,10H2,1-2H3,(H2,18,21,22,23,25)/t12-/m0/s1. The lowest BCUT2D eigenvalue weighted by molar-refractivity contribution is 0.480. The van der Waals surface area contributed by atoms with Crippen LogP contribution in [0.3, 0.4) is 0 Å². The predicted molar refractivity (Wildman–Crippen MR) is 109 cm³/mol. The third kappa shape index (κ3) is 5.01. The van der Waals surface area contributed by atoms with Gasteiger partial charge in [0.15, 0.2) is 10.3 Å². The molecule has 1 saturated heterocycles. The average molecular weight is 390 g/mol.